The summed E-state index contributed by atoms with van der Waals surface area (Å²) in [7, 11) is 0. The van der Waals surface area contributed by atoms with E-state index in [1.54, 1.807) is 24.5 Å². The van der Waals surface area contributed by atoms with Crippen molar-refractivity contribution in [2.45, 2.75) is 19.6 Å². The van der Waals surface area contributed by atoms with Gasteiger partial charge in [-0.2, -0.15) is 0 Å². The molecule has 0 amide bonds. The highest BCUT2D eigenvalue weighted by molar-refractivity contribution is 5.30. The third kappa shape index (κ3) is 3.01. The molecule has 1 N–H and O–H groups in total. The third-order valence-corrected chi connectivity index (χ3v) is 2.41. The molecule has 0 fully saturated rings. The Morgan fingerprint density at radius 1 is 1.33 bits per heavy atom. The second kappa shape index (κ2) is 5.55. The minimum absolute atomic E-state index is 0.175. The van der Waals surface area contributed by atoms with Crippen LogP contribution in [-0.2, 0) is 6.61 Å². The Kier molecular flexibility index (Phi) is 3.84. The summed E-state index contributed by atoms with van der Waals surface area (Å²) in [6.07, 6.45) is 2.39. The van der Waals surface area contributed by atoms with Crippen LogP contribution >= 0.6 is 0 Å². The Balaban J connectivity index is 2.05. The molecule has 1 atom stereocenters. The Bertz CT molecular complexity index is 518. The standard InChI is InChI=1S/C13H13FN2O2/c1-9(17)11-4-3-10(7-12(11)14)18-8-13-15-5-2-6-16-13/h2-7,9,17H,8H2,1H3. The van der Waals surface area contributed by atoms with Gasteiger partial charge in [-0.15, -0.1) is 0 Å². The largest absolute Gasteiger partial charge is 0.486 e. The number of hydrogen-bond donors (Lipinski definition) is 1. The predicted molar refractivity (Wildman–Crippen MR) is 63.4 cm³/mol. The second-order valence-electron chi connectivity index (χ2n) is 3.81. The molecule has 1 aromatic carbocycles. The first-order valence-electron chi connectivity index (χ1n) is 5.53. The van der Waals surface area contributed by atoms with Gasteiger partial charge in [0, 0.05) is 24.0 Å². The van der Waals surface area contributed by atoms with E-state index < -0.39 is 11.9 Å². The van der Waals surface area contributed by atoms with Gasteiger partial charge in [0.05, 0.1) is 6.10 Å². The average molecular weight is 248 g/mol. The molecule has 1 unspecified atom stereocenters. The molecule has 5 heteroatoms. The van der Waals surface area contributed by atoms with Gasteiger partial charge in [-0.3, -0.25) is 0 Å². The number of rotatable bonds is 4. The van der Waals surface area contributed by atoms with E-state index in [1.165, 1.54) is 19.1 Å². The van der Waals surface area contributed by atoms with Crippen LogP contribution in [0.5, 0.6) is 5.75 Å². The topological polar surface area (TPSA) is 55.2 Å². The van der Waals surface area contributed by atoms with E-state index in [0.29, 0.717) is 11.6 Å². The molecule has 18 heavy (non-hydrogen) atoms. The minimum Gasteiger partial charge on any atom is -0.486 e. The number of hydrogen-bond acceptors (Lipinski definition) is 4. The Morgan fingerprint density at radius 3 is 2.67 bits per heavy atom. The lowest BCUT2D eigenvalue weighted by molar-refractivity contribution is 0.193. The van der Waals surface area contributed by atoms with Crippen molar-refractivity contribution in [3.63, 3.8) is 0 Å². The summed E-state index contributed by atoms with van der Waals surface area (Å²) in [4.78, 5) is 7.98. The van der Waals surface area contributed by atoms with Crippen molar-refractivity contribution in [1.82, 2.24) is 9.97 Å². The van der Waals surface area contributed by atoms with Gasteiger partial charge in [-0.1, -0.05) is 0 Å². The van der Waals surface area contributed by atoms with Gasteiger partial charge < -0.3 is 9.84 Å². The van der Waals surface area contributed by atoms with E-state index in [9.17, 15) is 9.50 Å². The van der Waals surface area contributed by atoms with E-state index in [0.717, 1.165) is 0 Å². The molecule has 0 aliphatic heterocycles. The van der Waals surface area contributed by atoms with Gasteiger partial charge in [0.2, 0.25) is 0 Å². The van der Waals surface area contributed by atoms with Crippen LogP contribution in [0.25, 0.3) is 0 Å². The fraction of sp³-hybridized carbons (Fsp3) is 0.231. The van der Waals surface area contributed by atoms with E-state index in [4.69, 9.17) is 4.74 Å². The SMILES string of the molecule is CC(O)c1ccc(OCc2ncccn2)cc1F. The first-order valence-corrected chi connectivity index (χ1v) is 5.53. The summed E-state index contributed by atoms with van der Waals surface area (Å²) in [6.45, 7) is 1.69. The molecule has 0 radical (unpaired) electrons. The van der Waals surface area contributed by atoms with Crippen molar-refractivity contribution in [2.24, 2.45) is 0 Å². The first-order chi connectivity index (χ1) is 8.66. The molecule has 1 aromatic heterocycles. The van der Waals surface area contributed by atoms with Crippen LogP contribution in [0, 0.1) is 5.82 Å². The number of aliphatic hydroxyl groups excluding tert-OH is 1. The highest BCUT2D eigenvalue weighted by Gasteiger charge is 2.09. The fourth-order valence-corrected chi connectivity index (χ4v) is 1.49. The van der Waals surface area contributed by atoms with Crippen molar-refractivity contribution in [2.75, 3.05) is 0 Å². The number of ether oxygens (including phenoxy) is 1. The van der Waals surface area contributed by atoms with Crippen molar-refractivity contribution in [3.05, 3.63) is 53.9 Å². The summed E-state index contributed by atoms with van der Waals surface area (Å²) >= 11 is 0. The molecule has 0 bridgehead atoms. The lowest BCUT2D eigenvalue weighted by Gasteiger charge is -2.09. The zero-order valence-electron chi connectivity index (χ0n) is 9.88. The van der Waals surface area contributed by atoms with E-state index in [-0.39, 0.29) is 12.2 Å². The molecular formula is C13H13FN2O2. The van der Waals surface area contributed by atoms with Gasteiger partial charge in [0.1, 0.15) is 18.2 Å². The number of aliphatic hydroxyl groups is 1. The molecule has 4 nitrogen and oxygen atoms in total. The third-order valence-electron chi connectivity index (χ3n) is 2.41. The second-order valence-corrected chi connectivity index (χ2v) is 3.81. The predicted octanol–water partition coefficient (Wildman–Crippen LogP) is 2.25. The maximum absolute atomic E-state index is 13.6. The van der Waals surface area contributed by atoms with E-state index in [1.807, 2.05) is 0 Å². The molecular weight excluding hydrogens is 235 g/mol. The van der Waals surface area contributed by atoms with Crippen LogP contribution in [0.2, 0.25) is 0 Å². The molecule has 0 spiro atoms. The quantitative estimate of drug-likeness (QED) is 0.901. The van der Waals surface area contributed by atoms with Crippen LogP contribution in [-0.4, -0.2) is 15.1 Å². The van der Waals surface area contributed by atoms with Crippen molar-refractivity contribution in [3.8, 4) is 5.75 Å². The fourth-order valence-electron chi connectivity index (χ4n) is 1.49. The molecule has 94 valence electrons. The van der Waals surface area contributed by atoms with Gasteiger partial charge in [0.25, 0.3) is 0 Å². The average Bonchev–Trinajstić information content (AvgIpc) is 2.37. The van der Waals surface area contributed by atoms with Gasteiger partial charge in [0.15, 0.2) is 5.82 Å². The number of nitrogens with zero attached hydrogens (tertiary/aromatic N) is 2. The van der Waals surface area contributed by atoms with Crippen molar-refractivity contribution < 1.29 is 14.2 Å². The molecule has 0 saturated heterocycles. The molecule has 2 aromatic rings. The molecule has 2 rings (SSSR count). The van der Waals surface area contributed by atoms with Crippen LogP contribution in [0.1, 0.15) is 24.4 Å². The molecule has 0 aliphatic rings. The maximum atomic E-state index is 13.6. The molecule has 0 saturated carbocycles. The van der Waals surface area contributed by atoms with E-state index in [2.05, 4.69) is 9.97 Å². The summed E-state index contributed by atoms with van der Waals surface area (Å²) in [6, 6.07) is 6.06. The van der Waals surface area contributed by atoms with Crippen molar-refractivity contribution in [1.29, 1.82) is 0 Å². The zero-order chi connectivity index (χ0) is 13.0. The Hall–Kier alpha value is -2.01. The first kappa shape index (κ1) is 12.4. The van der Waals surface area contributed by atoms with Gasteiger partial charge in [-0.25, -0.2) is 14.4 Å². The van der Waals surface area contributed by atoms with Crippen LogP contribution in [0.15, 0.2) is 36.7 Å². The lowest BCUT2D eigenvalue weighted by Crippen LogP contribution is -2.02. The van der Waals surface area contributed by atoms with Crippen molar-refractivity contribution >= 4 is 0 Å². The van der Waals surface area contributed by atoms with E-state index >= 15 is 0 Å². The number of aromatic nitrogens is 2. The number of halogens is 1. The van der Waals surface area contributed by atoms with Crippen LogP contribution in [0.4, 0.5) is 4.39 Å². The summed E-state index contributed by atoms with van der Waals surface area (Å²) in [5.41, 5.74) is 0.248. The smallest absolute Gasteiger partial charge is 0.166 e. The molecule has 1 heterocycles. The van der Waals surface area contributed by atoms with Crippen LogP contribution in [0.3, 0.4) is 0 Å². The Labute approximate surface area is 104 Å². The van der Waals surface area contributed by atoms with Gasteiger partial charge in [-0.05, 0) is 25.1 Å². The normalized spacial score (nSPS) is 12.2. The summed E-state index contributed by atoms with van der Waals surface area (Å²) < 4.78 is 18.9. The van der Waals surface area contributed by atoms with Gasteiger partial charge >= 0.3 is 0 Å². The maximum Gasteiger partial charge on any atom is 0.166 e. The monoisotopic (exact) mass is 248 g/mol. The summed E-state index contributed by atoms with van der Waals surface area (Å²) in [5, 5.41) is 9.30. The zero-order valence-corrected chi connectivity index (χ0v) is 9.88. The minimum atomic E-state index is -0.837. The highest BCUT2D eigenvalue weighted by atomic mass is 19.1. The Morgan fingerprint density at radius 2 is 2.06 bits per heavy atom. The van der Waals surface area contributed by atoms with Crippen LogP contribution < -0.4 is 4.74 Å². The number of benzene rings is 1. The lowest BCUT2D eigenvalue weighted by atomic mass is 10.1. The summed E-state index contributed by atoms with van der Waals surface area (Å²) in [5.74, 6) is 0.415. The molecule has 0 aliphatic carbocycles. The highest BCUT2D eigenvalue weighted by Crippen LogP contribution is 2.22.